The number of hydrogen-bond donors (Lipinski definition) is 1. The van der Waals surface area contributed by atoms with Crippen LogP contribution in [-0.4, -0.2) is 29.4 Å². The van der Waals surface area contributed by atoms with E-state index in [-0.39, 0.29) is 0 Å². The molecule has 1 aliphatic rings. The van der Waals surface area contributed by atoms with Crippen LogP contribution in [0.2, 0.25) is 0 Å². The molecule has 1 amide bonds. The molecule has 0 aromatic rings. The van der Waals surface area contributed by atoms with Crippen molar-refractivity contribution in [3.8, 4) is 0 Å². The van der Waals surface area contributed by atoms with Crippen LogP contribution in [0, 0.1) is 5.92 Å². The Kier molecular flexibility index (Phi) is 3.93. The van der Waals surface area contributed by atoms with Gasteiger partial charge in [0.2, 0.25) is 5.91 Å². The fraction of sp³-hybridized carbons (Fsp3) is 0.909. The summed E-state index contributed by atoms with van der Waals surface area (Å²) >= 11 is 0. The molecule has 0 radical (unpaired) electrons. The summed E-state index contributed by atoms with van der Waals surface area (Å²) in [6.07, 6.45) is 2.77. The number of carbonyl (C=O) groups is 1. The number of amides is 1. The Morgan fingerprint density at radius 2 is 2.21 bits per heavy atom. The lowest BCUT2D eigenvalue weighted by molar-refractivity contribution is -0.131. The highest BCUT2D eigenvalue weighted by Gasteiger charge is 2.36. The number of nitrogens with zero attached hydrogens (tertiary/aromatic N) is 1. The molecular weight excluding hydrogens is 176 g/mol. The summed E-state index contributed by atoms with van der Waals surface area (Å²) in [5, 5.41) is 0. The summed E-state index contributed by atoms with van der Waals surface area (Å²) in [5.41, 5.74) is 5.73. The number of hydrogen-bond acceptors (Lipinski definition) is 2. The number of nitrogens with two attached hydrogens (primary N) is 1. The molecule has 14 heavy (non-hydrogen) atoms. The largest absolute Gasteiger partial charge is 0.337 e. The molecule has 1 saturated heterocycles. The Balaban J connectivity index is 2.72. The van der Waals surface area contributed by atoms with Crippen LogP contribution >= 0.6 is 0 Å². The van der Waals surface area contributed by atoms with E-state index in [4.69, 9.17) is 5.73 Å². The molecule has 2 atom stereocenters. The van der Waals surface area contributed by atoms with Crippen molar-refractivity contribution in [1.29, 1.82) is 0 Å². The Hall–Kier alpha value is -0.570. The van der Waals surface area contributed by atoms with E-state index in [0.717, 1.165) is 12.8 Å². The topological polar surface area (TPSA) is 46.3 Å². The molecule has 3 heteroatoms. The molecule has 2 N–H and O–H groups in total. The van der Waals surface area contributed by atoms with Gasteiger partial charge in [-0.2, -0.15) is 0 Å². The van der Waals surface area contributed by atoms with Gasteiger partial charge in [-0.15, -0.1) is 0 Å². The van der Waals surface area contributed by atoms with Crippen molar-refractivity contribution in [3.63, 3.8) is 0 Å². The Labute approximate surface area is 86.6 Å². The van der Waals surface area contributed by atoms with E-state index in [1.54, 1.807) is 0 Å². The highest BCUT2D eigenvalue weighted by atomic mass is 16.2. The van der Waals surface area contributed by atoms with Crippen LogP contribution in [-0.2, 0) is 4.79 Å². The first-order chi connectivity index (χ1) is 6.61. The van der Waals surface area contributed by atoms with Crippen LogP contribution in [0.4, 0.5) is 0 Å². The zero-order valence-electron chi connectivity index (χ0n) is 9.49. The Morgan fingerprint density at radius 1 is 1.57 bits per heavy atom. The van der Waals surface area contributed by atoms with Gasteiger partial charge in [0.25, 0.3) is 0 Å². The van der Waals surface area contributed by atoms with Gasteiger partial charge in [-0.3, -0.25) is 4.79 Å². The van der Waals surface area contributed by atoms with E-state index in [9.17, 15) is 4.79 Å². The zero-order valence-corrected chi connectivity index (χ0v) is 9.49. The molecule has 1 heterocycles. The summed E-state index contributed by atoms with van der Waals surface area (Å²) in [6, 6.07) is 0.702. The molecule has 0 aliphatic carbocycles. The van der Waals surface area contributed by atoms with E-state index in [1.165, 1.54) is 0 Å². The van der Waals surface area contributed by atoms with Crippen molar-refractivity contribution >= 4 is 5.91 Å². The van der Waals surface area contributed by atoms with E-state index >= 15 is 0 Å². The van der Waals surface area contributed by atoms with E-state index in [2.05, 4.69) is 20.8 Å². The summed E-state index contributed by atoms with van der Waals surface area (Å²) in [7, 11) is 0. The molecule has 82 valence electrons. The minimum Gasteiger partial charge on any atom is -0.337 e. The zero-order chi connectivity index (χ0) is 10.7. The fourth-order valence-corrected chi connectivity index (χ4v) is 2.45. The van der Waals surface area contributed by atoms with E-state index in [0.29, 0.717) is 36.9 Å². The van der Waals surface area contributed by atoms with Gasteiger partial charge >= 0.3 is 0 Å². The molecule has 1 fully saturated rings. The molecule has 2 unspecified atom stereocenters. The summed E-state index contributed by atoms with van der Waals surface area (Å²) < 4.78 is 0. The van der Waals surface area contributed by atoms with Gasteiger partial charge in [-0.1, -0.05) is 13.3 Å². The highest BCUT2D eigenvalue weighted by Crippen LogP contribution is 2.28. The molecule has 0 bridgehead atoms. The molecule has 0 saturated carbocycles. The summed E-state index contributed by atoms with van der Waals surface area (Å²) in [6.45, 7) is 7.01. The van der Waals surface area contributed by atoms with Crippen molar-refractivity contribution < 1.29 is 4.79 Å². The molecule has 0 aromatic carbocycles. The van der Waals surface area contributed by atoms with Gasteiger partial charge in [0, 0.05) is 18.5 Å². The molecule has 3 nitrogen and oxygen atoms in total. The number of likely N-dealkylation sites (tertiary alicyclic amines) is 1. The lowest BCUT2D eigenvalue weighted by Crippen LogP contribution is -2.44. The van der Waals surface area contributed by atoms with Crippen LogP contribution in [0.1, 0.15) is 40.0 Å². The predicted octanol–water partition coefficient (Wildman–Crippen LogP) is 1.37. The second-order valence-corrected chi connectivity index (χ2v) is 4.40. The minimum absolute atomic E-state index is 0.303. The standard InChI is InChI=1S/C11H22N2O/c1-4-9(7-12)10-5-6-11(14)13(10)8(2)3/h8-10H,4-7,12H2,1-3H3. The van der Waals surface area contributed by atoms with Crippen molar-refractivity contribution in [2.45, 2.75) is 52.1 Å². The monoisotopic (exact) mass is 198 g/mol. The number of carbonyl (C=O) groups excluding carboxylic acids is 1. The third-order valence-electron chi connectivity index (χ3n) is 3.23. The second-order valence-electron chi connectivity index (χ2n) is 4.40. The summed E-state index contributed by atoms with van der Waals surface area (Å²) in [4.78, 5) is 13.7. The highest BCUT2D eigenvalue weighted by molar-refractivity contribution is 5.79. The lowest BCUT2D eigenvalue weighted by atomic mass is 9.94. The van der Waals surface area contributed by atoms with Gasteiger partial charge in [-0.25, -0.2) is 0 Å². The average Bonchev–Trinajstić information content (AvgIpc) is 2.50. The van der Waals surface area contributed by atoms with E-state index in [1.807, 2.05) is 4.90 Å². The molecular formula is C11H22N2O. The molecule has 1 aliphatic heterocycles. The number of rotatable bonds is 4. The van der Waals surface area contributed by atoms with Gasteiger partial charge < -0.3 is 10.6 Å². The van der Waals surface area contributed by atoms with Crippen molar-refractivity contribution in [1.82, 2.24) is 4.90 Å². The van der Waals surface area contributed by atoms with Crippen molar-refractivity contribution in [2.24, 2.45) is 11.7 Å². The fourth-order valence-electron chi connectivity index (χ4n) is 2.45. The Bertz CT molecular complexity index is 199. The molecule has 0 aromatic heterocycles. The van der Waals surface area contributed by atoms with Gasteiger partial charge in [0.15, 0.2) is 0 Å². The predicted molar refractivity (Wildman–Crippen MR) is 57.8 cm³/mol. The minimum atomic E-state index is 0.303. The van der Waals surface area contributed by atoms with Crippen LogP contribution in [0.15, 0.2) is 0 Å². The van der Waals surface area contributed by atoms with Gasteiger partial charge in [-0.05, 0) is 32.7 Å². The normalized spacial score (nSPS) is 24.8. The molecule has 0 spiro atoms. The maximum atomic E-state index is 11.6. The smallest absolute Gasteiger partial charge is 0.223 e. The SMILES string of the molecule is CCC(CN)C1CCC(=O)N1C(C)C. The average molecular weight is 198 g/mol. The van der Waals surface area contributed by atoms with Gasteiger partial charge in [0.1, 0.15) is 0 Å². The lowest BCUT2D eigenvalue weighted by Gasteiger charge is -2.33. The third-order valence-corrected chi connectivity index (χ3v) is 3.23. The Morgan fingerprint density at radius 3 is 2.64 bits per heavy atom. The first kappa shape index (κ1) is 11.5. The van der Waals surface area contributed by atoms with Crippen LogP contribution < -0.4 is 5.73 Å². The van der Waals surface area contributed by atoms with Crippen LogP contribution in [0.5, 0.6) is 0 Å². The quantitative estimate of drug-likeness (QED) is 0.741. The van der Waals surface area contributed by atoms with Crippen LogP contribution in [0.3, 0.4) is 0 Å². The first-order valence-electron chi connectivity index (χ1n) is 5.63. The van der Waals surface area contributed by atoms with E-state index < -0.39 is 0 Å². The van der Waals surface area contributed by atoms with Gasteiger partial charge in [0.05, 0.1) is 0 Å². The maximum absolute atomic E-state index is 11.6. The molecule has 1 rings (SSSR count). The second kappa shape index (κ2) is 4.78. The van der Waals surface area contributed by atoms with Crippen LogP contribution in [0.25, 0.3) is 0 Å². The summed E-state index contributed by atoms with van der Waals surface area (Å²) in [5.74, 6) is 0.778. The third kappa shape index (κ3) is 2.08. The first-order valence-corrected chi connectivity index (χ1v) is 5.63. The van der Waals surface area contributed by atoms with Crippen molar-refractivity contribution in [2.75, 3.05) is 6.54 Å². The maximum Gasteiger partial charge on any atom is 0.223 e. The van der Waals surface area contributed by atoms with Crippen molar-refractivity contribution in [3.05, 3.63) is 0 Å².